The molecule has 0 aliphatic rings. The topological polar surface area (TPSA) is 81.9 Å². The molecule has 0 atom stereocenters. The van der Waals surface area contributed by atoms with Crippen molar-refractivity contribution in [3.05, 3.63) is 59.2 Å². The number of hydrazone groups is 1. The zero-order chi connectivity index (χ0) is 17.0. The molecule has 0 heterocycles. The summed E-state index contributed by atoms with van der Waals surface area (Å²) >= 11 is 0. The van der Waals surface area contributed by atoms with Crippen LogP contribution >= 0.6 is 0 Å². The van der Waals surface area contributed by atoms with Gasteiger partial charge in [0.05, 0.1) is 17.3 Å². The third kappa shape index (κ3) is 4.00. The zero-order valence-electron chi connectivity index (χ0n) is 11.5. The number of rotatable bonds is 3. The molecule has 0 saturated heterocycles. The summed E-state index contributed by atoms with van der Waals surface area (Å²) in [5.74, 6) is -1.54. The van der Waals surface area contributed by atoms with Crippen molar-refractivity contribution in [2.24, 2.45) is 5.10 Å². The predicted molar refractivity (Wildman–Crippen MR) is 76.3 cm³/mol. The van der Waals surface area contributed by atoms with E-state index in [2.05, 4.69) is 5.10 Å². The van der Waals surface area contributed by atoms with Crippen molar-refractivity contribution >= 4 is 12.1 Å². The van der Waals surface area contributed by atoms with Gasteiger partial charge >= 0.3 is 6.18 Å². The first-order chi connectivity index (χ1) is 10.8. The van der Waals surface area contributed by atoms with Gasteiger partial charge in [0.15, 0.2) is 0 Å². The molecule has 2 rings (SSSR count). The van der Waals surface area contributed by atoms with Gasteiger partial charge < -0.3 is 10.2 Å². The third-order valence-electron chi connectivity index (χ3n) is 2.86. The summed E-state index contributed by atoms with van der Waals surface area (Å²) in [6, 6.07) is 8.04. The maximum Gasteiger partial charge on any atom is 0.417 e. The average molecular weight is 324 g/mol. The Morgan fingerprint density at radius 2 is 1.83 bits per heavy atom. The number of hydrogen-bond acceptors (Lipinski definition) is 4. The standard InChI is InChI=1S/C15H11F3N2O3/c16-15(17,18)12-4-2-1-3-9(12)8-19-20-14(23)11-6-5-10(21)7-13(11)22/h1-8,21-22H,(H,20,23)/b19-8-. The molecule has 0 spiro atoms. The van der Waals surface area contributed by atoms with Crippen LogP contribution in [0.5, 0.6) is 11.5 Å². The minimum Gasteiger partial charge on any atom is -0.508 e. The lowest BCUT2D eigenvalue weighted by Crippen LogP contribution is -2.18. The van der Waals surface area contributed by atoms with Crippen molar-refractivity contribution < 1.29 is 28.2 Å². The Labute approximate surface area is 128 Å². The maximum absolute atomic E-state index is 12.8. The van der Waals surface area contributed by atoms with Gasteiger partial charge in [0, 0.05) is 11.6 Å². The second kappa shape index (κ2) is 6.39. The van der Waals surface area contributed by atoms with Gasteiger partial charge in [-0.15, -0.1) is 0 Å². The van der Waals surface area contributed by atoms with Gasteiger partial charge in [-0.1, -0.05) is 18.2 Å². The van der Waals surface area contributed by atoms with Crippen LogP contribution in [0.2, 0.25) is 0 Å². The van der Waals surface area contributed by atoms with E-state index in [9.17, 15) is 23.1 Å². The molecule has 1 amide bonds. The molecular weight excluding hydrogens is 313 g/mol. The summed E-state index contributed by atoms with van der Waals surface area (Å²) in [6.45, 7) is 0. The van der Waals surface area contributed by atoms with Crippen LogP contribution in [0.15, 0.2) is 47.6 Å². The number of hydrogen-bond donors (Lipinski definition) is 3. The van der Waals surface area contributed by atoms with Gasteiger partial charge in [0.25, 0.3) is 5.91 Å². The van der Waals surface area contributed by atoms with Crippen molar-refractivity contribution in [1.82, 2.24) is 5.43 Å². The van der Waals surface area contributed by atoms with E-state index in [-0.39, 0.29) is 16.9 Å². The number of nitrogens with one attached hydrogen (secondary N) is 1. The van der Waals surface area contributed by atoms with E-state index in [1.54, 1.807) is 0 Å². The second-order valence-electron chi connectivity index (χ2n) is 4.49. The molecule has 23 heavy (non-hydrogen) atoms. The predicted octanol–water partition coefficient (Wildman–Crippen LogP) is 2.88. The fourth-order valence-electron chi connectivity index (χ4n) is 1.80. The SMILES string of the molecule is O=C(N/N=C\c1ccccc1C(F)(F)F)c1ccc(O)cc1O. The van der Waals surface area contributed by atoms with Crippen molar-refractivity contribution in [3.63, 3.8) is 0 Å². The Balaban J connectivity index is 2.15. The highest BCUT2D eigenvalue weighted by molar-refractivity contribution is 5.97. The van der Waals surface area contributed by atoms with Gasteiger partial charge in [-0.05, 0) is 18.2 Å². The van der Waals surface area contributed by atoms with Crippen LogP contribution in [0, 0.1) is 0 Å². The molecule has 0 saturated carbocycles. The fourth-order valence-corrected chi connectivity index (χ4v) is 1.80. The minimum atomic E-state index is -4.54. The molecule has 0 fully saturated rings. The van der Waals surface area contributed by atoms with Crippen LogP contribution in [0.3, 0.4) is 0 Å². The molecule has 0 radical (unpaired) electrons. The molecule has 0 aliphatic heterocycles. The van der Waals surface area contributed by atoms with Crippen molar-refractivity contribution in [3.8, 4) is 11.5 Å². The van der Waals surface area contributed by atoms with E-state index in [1.165, 1.54) is 24.3 Å². The monoisotopic (exact) mass is 324 g/mol. The van der Waals surface area contributed by atoms with Crippen LogP contribution in [0.4, 0.5) is 13.2 Å². The fraction of sp³-hybridized carbons (Fsp3) is 0.0667. The smallest absolute Gasteiger partial charge is 0.417 e. The number of carbonyl (C=O) groups is 1. The molecule has 120 valence electrons. The number of alkyl halides is 3. The van der Waals surface area contributed by atoms with E-state index in [4.69, 9.17) is 5.11 Å². The first kappa shape index (κ1) is 16.3. The molecular formula is C15H11F3N2O3. The quantitative estimate of drug-likeness (QED) is 0.600. The van der Waals surface area contributed by atoms with Crippen LogP contribution in [-0.2, 0) is 6.18 Å². The van der Waals surface area contributed by atoms with Gasteiger partial charge in [-0.2, -0.15) is 18.3 Å². The van der Waals surface area contributed by atoms with Crippen LogP contribution in [-0.4, -0.2) is 22.3 Å². The number of phenolic OH excluding ortho intramolecular Hbond substituents is 2. The summed E-state index contributed by atoms with van der Waals surface area (Å²) in [6.07, 6.45) is -3.68. The molecule has 2 aromatic rings. The molecule has 8 heteroatoms. The summed E-state index contributed by atoms with van der Waals surface area (Å²) in [7, 11) is 0. The number of carbonyl (C=O) groups excluding carboxylic acids is 1. The first-order valence-corrected chi connectivity index (χ1v) is 6.30. The molecule has 0 unspecified atom stereocenters. The summed E-state index contributed by atoms with van der Waals surface area (Å²) < 4.78 is 38.4. The first-order valence-electron chi connectivity index (χ1n) is 6.30. The maximum atomic E-state index is 12.8. The Morgan fingerprint density at radius 1 is 1.13 bits per heavy atom. The Morgan fingerprint density at radius 3 is 2.48 bits per heavy atom. The summed E-state index contributed by atoms with van der Waals surface area (Å²) in [4.78, 5) is 11.8. The molecule has 0 aromatic heterocycles. The van der Waals surface area contributed by atoms with Gasteiger partial charge in [-0.25, -0.2) is 5.43 Å². The molecule has 5 nitrogen and oxygen atoms in total. The highest BCUT2D eigenvalue weighted by Crippen LogP contribution is 2.31. The Bertz CT molecular complexity index is 758. The number of halogens is 3. The van der Waals surface area contributed by atoms with Crippen molar-refractivity contribution in [1.29, 1.82) is 0 Å². The largest absolute Gasteiger partial charge is 0.508 e. The van der Waals surface area contributed by atoms with Crippen molar-refractivity contribution in [2.45, 2.75) is 6.18 Å². The van der Waals surface area contributed by atoms with E-state index >= 15 is 0 Å². The Hall–Kier alpha value is -3.03. The Kier molecular flexibility index (Phi) is 4.54. The van der Waals surface area contributed by atoms with E-state index in [0.717, 1.165) is 24.4 Å². The summed E-state index contributed by atoms with van der Waals surface area (Å²) in [5.41, 5.74) is 0.735. The van der Waals surface area contributed by atoms with Gasteiger partial charge in [0.2, 0.25) is 0 Å². The molecule has 0 bridgehead atoms. The van der Waals surface area contributed by atoms with E-state index in [0.29, 0.717) is 0 Å². The van der Waals surface area contributed by atoms with Crippen molar-refractivity contribution in [2.75, 3.05) is 0 Å². The minimum absolute atomic E-state index is 0.177. The number of phenols is 2. The van der Waals surface area contributed by atoms with Crippen LogP contribution in [0.1, 0.15) is 21.5 Å². The highest BCUT2D eigenvalue weighted by atomic mass is 19.4. The normalized spacial score (nSPS) is 11.6. The van der Waals surface area contributed by atoms with Gasteiger partial charge in [-0.3, -0.25) is 4.79 Å². The second-order valence-corrected chi connectivity index (χ2v) is 4.49. The number of nitrogens with zero attached hydrogens (tertiary/aromatic N) is 1. The molecule has 3 N–H and O–H groups in total. The van der Waals surface area contributed by atoms with Gasteiger partial charge in [0.1, 0.15) is 11.5 Å². The zero-order valence-corrected chi connectivity index (χ0v) is 11.5. The lowest BCUT2D eigenvalue weighted by atomic mass is 10.1. The molecule has 2 aromatic carbocycles. The molecule has 0 aliphatic carbocycles. The number of benzene rings is 2. The lowest BCUT2D eigenvalue weighted by molar-refractivity contribution is -0.137. The third-order valence-corrected chi connectivity index (χ3v) is 2.86. The van der Waals surface area contributed by atoms with E-state index in [1.807, 2.05) is 5.43 Å². The number of amides is 1. The highest BCUT2D eigenvalue weighted by Gasteiger charge is 2.32. The average Bonchev–Trinajstić information content (AvgIpc) is 2.46. The van der Waals surface area contributed by atoms with E-state index < -0.39 is 23.4 Å². The van der Waals surface area contributed by atoms with Crippen LogP contribution < -0.4 is 5.43 Å². The number of aromatic hydroxyl groups is 2. The van der Waals surface area contributed by atoms with Crippen LogP contribution in [0.25, 0.3) is 0 Å². The summed E-state index contributed by atoms with van der Waals surface area (Å²) in [5, 5.41) is 22.1. The lowest BCUT2D eigenvalue weighted by Gasteiger charge is -2.09.